The van der Waals surface area contributed by atoms with Gasteiger partial charge >= 0.3 is 0 Å². The molecule has 4 nitrogen and oxygen atoms in total. The minimum Gasteiger partial charge on any atom is -0.494 e. The molecule has 0 saturated carbocycles. The second-order valence-electron chi connectivity index (χ2n) is 12.4. The van der Waals surface area contributed by atoms with Gasteiger partial charge in [-0.3, -0.25) is 0 Å². The van der Waals surface area contributed by atoms with Gasteiger partial charge in [-0.25, -0.2) is 4.85 Å². The molecule has 0 unspecified atom stereocenters. The molecule has 6 rings (SSSR count). The van der Waals surface area contributed by atoms with Crippen molar-refractivity contribution in [2.75, 3.05) is 13.2 Å². The normalized spacial score (nSPS) is 10.6. The molecule has 0 aromatic heterocycles. The summed E-state index contributed by atoms with van der Waals surface area (Å²) in [5.41, 5.74) is 10.9. The number of benzene rings is 6. The maximum atomic E-state index is 9.00. The molecule has 6 aromatic carbocycles. The van der Waals surface area contributed by atoms with E-state index in [1.54, 1.807) is 0 Å². The standard InChI is InChI=1S/C46H40N2O2/c1-48-44-26-20-41(21-27-44)39-16-10-36(11-17-39)7-3-5-33-50-46-30-24-43(25-31-46)42-22-28-45(29-23-42)49-32-4-2-6-35-8-14-38(15-9-35)40-18-12-37(34-47)13-19-40/h8-31H,2-7,32-33H2. The third-order valence-corrected chi connectivity index (χ3v) is 8.88. The van der Waals surface area contributed by atoms with Gasteiger partial charge in [0.1, 0.15) is 11.5 Å². The second-order valence-corrected chi connectivity index (χ2v) is 12.4. The molecule has 0 heterocycles. The number of nitrogens with zero attached hydrogens (tertiary/aromatic N) is 2. The minimum absolute atomic E-state index is 0.667. The summed E-state index contributed by atoms with van der Waals surface area (Å²) in [5, 5.41) is 9.00. The predicted molar refractivity (Wildman–Crippen MR) is 203 cm³/mol. The molecular formula is C46H40N2O2. The zero-order valence-electron chi connectivity index (χ0n) is 28.2. The third kappa shape index (κ3) is 9.50. The number of ether oxygens (including phenoxy) is 2. The van der Waals surface area contributed by atoms with Crippen LogP contribution < -0.4 is 9.47 Å². The minimum atomic E-state index is 0.667. The summed E-state index contributed by atoms with van der Waals surface area (Å²) in [4.78, 5) is 3.46. The second kappa shape index (κ2) is 17.3. The van der Waals surface area contributed by atoms with Crippen LogP contribution in [-0.4, -0.2) is 13.2 Å². The van der Waals surface area contributed by atoms with E-state index in [9.17, 15) is 0 Å². The lowest BCUT2D eigenvalue weighted by Crippen LogP contribution is -1.98. The van der Waals surface area contributed by atoms with Crippen LogP contribution >= 0.6 is 0 Å². The molecule has 50 heavy (non-hydrogen) atoms. The summed E-state index contributed by atoms with van der Waals surface area (Å²) in [6.45, 7) is 8.50. The van der Waals surface area contributed by atoms with E-state index in [-0.39, 0.29) is 0 Å². The molecule has 0 amide bonds. The fourth-order valence-corrected chi connectivity index (χ4v) is 5.92. The van der Waals surface area contributed by atoms with E-state index >= 15 is 0 Å². The highest BCUT2D eigenvalue weighted by Gasteiger charge is 2.04. The molecule has 0 atom stereocenters. The van der Waals surface area contributed by atoms with E-state index < -0.39 is 0 Å². The third-order valence-electron chi connectivity index (χ3n) is 8.88. The summed E-state index contributed by atoms with van der Waals surface area (Å²) in [5.74, 6) is 1.79. The van der Waals surface area contributed by atoms with Crippen molar-refractivity contribution in [3.63, 3.8) is 0 Å². The van der Waals surface area contributed by atoms with Gasteiger partial charge in [0, 0.05) is 0 Å². The zero-order valence-corrected chi connectivity index (χ0v) is 28.2. The van der Waals surface area contributed by atoms with E-state index in [1.165, 1.54) is 16.7 Å². The summed E-state index contributed by atoms with van der Waals surface area (Å²) in [6, 6.07) is 51.6. The highest BCUT2D eigenvalue weighted by Crippen LogP contribution is 2.26. The molecule has 4 heteroatoms. The van der Waals surface area contributed by atoms with Crippen molar-refractivity contribution in [1.82, 2.24) is 0 Å². The summed E-state index contributed by atoms with van der Waals surface area (Å²) in [6.07, 6.45) is 6.18. The van der Waals surface area contributed by atoms with Crippen LogP contribution in [0.25, 0.3) is 38.2 Å². The van der Waals surface area contributed by atoms with Crippen molar-refractivity contribution in [3.8, 4) is 50.9 Å². The first kappa shape index (κ1) is 33.8. The van der Waals surface area contributed by atoms with E-state index in [0.29, 0.717) is 24.5 Å². The highest BCUT2D eigenvalue weighted by molar-refractivity contribution is 5.67. The van der Waals surface area contributed by atoms with Crippen LogP contribution in [-0.2, 0) is 12.8 Å². The van der Waals surface area contributed by atoms with E-state index in [2.05, 4.69) is 83.7 Å². The van der Waals surface area contributed by atoms with Crippen molar-refractivity contribution in [2.24, 2.45) is 0 Å². The van der Waals surface area contributed by atoms with E-state index in [0.717, 1.165) is 77.8 Å². The number of rotatable bonds is 15. The van der Waals surface area contributed by atoms with Crippen LogP contribution in [0.1, 0.15) is 42.4 Å². The average molecular weight is 653 g/mol. The van der Waals surface area contributed by atoms with Gasteiger partial charge < -0.3 is 9.47 Å². The number of hydrogen-bond acceptors (Lipinski definition) is 3. The number of nitriles is 1. The van der Waals surface area contributed by atoms with Crippen molar-refractivity contribution < 1.29 is 9.47 Å². The van der Waals surface area contributed by atoms with Crippen LogP contribution in [0.3, 0.4) is 0 Å². The van der Waals surface area contributed by atoms with Gasteiger partial charge in [-0.2, -0.15) is 5.26 Å². The van der Waals surface area contributed by atoms with Gasteiger partial charge in [0.15, 0.2) is 5.69 Å². The van der Waals surface area contributed by atoms with E-state index in [1.807, 2.05) is 72.8 Å². The summed E-state index contributed by atoms with van der Waals surface area (Å²) < 4.78 is 12.0. The van der Waals surface area contributed by atoms with Gasteiger partial charge in [-0.1, -0.05) is 109 Å². The Balaban J connectivity index is 0.858. The smallest absolute Gasteiger partial charge is 0.187 e. The average Bonchev–Trinajstić information content (AvgIpc) is 3.19. The monoisotopic (exact) mass is 652 g/mol. The van der Waals surface area contributed by atoms with Crippen LogP contribution in [0.4, 0.5) is 5.69 Å². The molecule has 0 radical (unpaired) electrons. The Morgan fingerprint density at radius 1 is 0.440 bits per heavy atom. The molecule has 0 bridgehead atoms. The first-order chi connectivity index (χ1) is 24.7. The van der Waals surface area contributed by atoms with Gasteiger partial charge in [-0.15, -0.1) is 0 Å². The van der Waals surface area contributed by atoms with Crippen molar-refractivity contribution in [3.05, 3.63) is 174 Å². The molecule has 0 aliphatic heterocycles. The van der Waals surface area contributed by atoms with E-state index in [4.69, 9.17) is 21.3 Å². The maximum absolute atomic E-state index is 9.00. The molecule has 0 spiro atoms. The Labute approximate surface area is 296 Å². The maximum Gasteiger partial charge on any atom is 0.187 e. The lowest BCUT2D eigenvalue weighted by molar-refractivity contribution is 0.306. The number of hydrogen-bond donors (Lipinski definition) is 0. The summed E-state index contributed by atoms with van der Waals surface area (Å²) >= 11 is 0. The lowest BCUT2D eigenvalue weighted by Gasteiger charge is -2.10. The molecule has 0 fully saturated rings. The molecule has 0 aliphatic rings. The Morgan fingerprint density at radius 2 is 0.780 bits per heavy atom. The summed E-state index contributed by atoms with van der Waals surface area (Å²) in [7, 11) is 0. The van der Waals surface area contributed by atoms with Crippen molar-refractivity contribution in [1.29, 1.82) is 5.26 Å². The van der Waals surface area contributed by atoms with Crippen molar-refractivity contribution in [2.45, 2.75) is 38.5 Å². The van der Waals surface area contributed by atoms with Gasteiger partial charge in [0.2, 0.25) is 0 Å². The number of aryl methyl sites for hydroxylation is 2. The molecule has 246 valence electrons. The largest absolute Gasteiger partial charge is 0.494 e. The molecule has 6 aromatic rings. The topological polar surface area (TPSA) is 46.6 Å². The fourth-order valence-electron chi connectivity index (χ4n) is 5.92. The fraction of sp³-hybridized carbons (Fsp3) is 0.174. The predicted octanol–water partition coefficient (Wildman–Crippen LogP) is 11.9. The SMILES string of the molecule is [C-]#[N+]c1ccc(-c2ccc(CCCCOc3ccc(-c4ccc(OCCCCc5ccc(-c6ccc(C#N)cc6)cc5)cc4)cc3)cc2)cc1. The van der Waals surface area contributed by atoms with Gasteiger partial charge in [0.25, 0.3) is 0 Å². The van der Waals surface area contributed by atoms with Crippen molar-refractivity contribution >= 4 is 5.69 Å². The Morgan fingerprint density at radius 3 is 1.14 bits per heavy atom. The zero-order chi connectivity index (χ0) is 34.4. The quantitative estimate of drug-likeness (QED) is 0.0819. The molecular weight excluding hydrogens is 613 g/mol. The number of unbranched alkanes of at least 4 members (excludes halogenated alkanes) is 2. The lowest BCUT2D eigenvalue weighted by atomic mass is 10.0. The molecule has 0 saturated heterocycles. The van der Waals surface area contributed by atoms with Gasteiger partial charge in [0.05, 0.1) is 31.4 Å². The van der Waals surface area contributed by atoms with Crippen LogP contribution in [0.2, 0.25) is 0 Å². The Kier molecular flexibility index (Phi) is 11.7. The Bertz CT molecular complexity index is 1860. The van der Waals surface area contributed by atoms with Gasteiger partial charge in [-0.05, 0) is 119 Å². The highest BCUT2D eigenvalue weighted by atomic mass is 16.5. The van der Waals surface area contributed by atoms with Crippen LogP contribution in [0, 0.1) is 17.9 Å². The Hall–Kier alpha value is -6.10. The van der Waals surface area contributed by atoms with Crippen LogP contribution in [0.5, 0.6) is 11.5 Å². The molecule has 0 N–H and O–H groups in total. The van der Waals surface area contributed by atoms with Crippen LogP contribution in [0.15, 0.2) is 146 Å². The first-order valence-electron chi connectivity index (χ1n) is 17.3. The molecule has 0 aliphatic carbocycles. The first-order valence-corrected chi connectivity index (χ1v) is 17.3.